The standard InChI is InChI=1S/C24H21ClN4O6S2/c25-23-21(36-20-8-4-3-7-19(20)29(32)33)12-16-22(23)15-11-13(37(26,34)35)9-10-17(15)27-24(16)14-5-1-2-6-18(14)28(30)31/h1-11,16,21-24,27H,12H2,(H2,26,34,35)/t16-,21+,22-,23+,24-/m1/s1. The molecule has 3 N–H and O–H groups in total. The predicted molar refractivity (Wildman–Crippen MR) is 141 cm³/mol. The van der Waals surface area contributed by atoms with Gasteiger partial charge in [-0.3, -0.25) is 20.2 Å². The van der Waals surface area contributed by atoms with E-state index < -0.39 is 31.3 Å². The van der Waals surface area contributed by atoms with Gasteiger partial charge in [-0.05, 0) is 42.2 Å². The molecule has 0 saturated heterocycles. The normalized spacial score (nSPS) is 24.5. The Hall–Kier alpha value is -3.19. The van der Waals surface area contributed by atoms with Gasteiger partial charge < -0.3 is 5.32 Å². The fourth-order valence-electron chi connectivity index (χ4n) is 5.37. The molecule has 0 spiro atoms. The maximum atomic E-state index is 12.1. The average Bonchev–Trinajstić information content (AvgIpc) is 3.19. The molecule has 1 aliphatic heterocycles. The number of hydrogen-bond donors (Lipinski definition) is 2. The van der Waals surface area contributed by atoms with Gasteiger partial charge in [-0.25, -0.2) is 13.6 Å². The molecule has 1 saturated carbocycles. The molecule has 1 aliphatic carbocycles. The monoisotopic (exact) mass is 560 g/mol. The number of sulfonamides is 1. The molecule has 13 heteroatoms. The molecule has 37 heavy (non-hydrogen) atoms. The van der Waals surface area contributed by atoms with Gasteiger partial charge in [0.2, 0.25) is 10.0 Å². The van der Waals surface area contributed by atoms with E-state index >= 15 is 0 Å². The molecule has 1 fully saturated rings. The third kappa shape index (κ3) is 4.65. The van der Waals surface area contributed by atoms with E-state index in [0.29, 0.717) is 28.1 Å². The first-order valence-corrected chi connectivity index (χ1v) is 14.1. The minimum Gasteiger partial charge on any atom is -0.377 e. The van der Waals surface area contributed by atoms with Crippen molar-refractivity contribution in [2.45, 2.75) is 38.8 Å². The molecule has 192 valence electrons. The molecule has 3 aromatic rings. The number of nitrogens with one attached hydrogen (secondary N) is 1. The molecular formula is C24H21ClN4O6S2. The molecule has 0 unspecified atom stereocenters. The number of anilines is 1. The first-order chi connectivity index (χ1) is 17.6. The summed E-state index contributed by atoms with van der Waals surface area (Å²) in [7, 11) is -3.98. The number of benzene rings is 3. The van der Waals surface area contributed by atoms with Gasteiger partial charge in [0.1, 0.15) is 0 Å². The fourth-order valence-corrected chi connectivity index (χ4v) is 7.86. The van der Waals surface area contributed by atoms with Crippen LogP contribution >= 0.6 is 23.4 Å². The average molecular weight is 561 g/mol. The van der Waals surface area contributed by atoms with Crippen LogP contribution in [0.3, 0.4) is 0 Å². The summed E-state index contributed by atoms with van der Waals surface area (Å²) < 4.78 is 24.2. The Balaban J connectivity index is 1.61. The number of nitro groups is 2. The Morgan fingerprint density at radius 2 is 1.59 bits per heavy atom. The van der Waals surface area contributed by atoms with Crippen LogP contribution in [0.5, 0.6) is 0 Å². The number of nitrogens with zero attached hydrogens (tertiary/aromatic N) is 2. The number of para-hydroxylation sites is 2. The molecule has 0 radical (unpaired) electrons. The summed E-state index contributed by atoms with van der Waals surface area (Å²) in [6.07, 6.45) is 0.484. The predicted octanol–water partition coefficient (Wildman–Crippen LogP) is 5.19. The third-order valence-electron chi connectivity index (χ3n) is 6.92. The van der Waals surface area contributed by atoms with Crippen LogP contribution in [-0.4, -0.2) is 28.9 Å². The van der Waals surface area contributed by atoms with Gasteiger partial charge >= 0.3 is 0 Å². The molecule has 2 aliphatic rings. The van der Waals surface area contributed by atoms with E-state index in [-0.39, 0.29) is 33.4 Å². The lowest BCUT2D eigenvalue weighted by Gasteiger charge is -2.38. The smallest absolute Gasteiger partial charge is 0.282 e. The fraction of sp³-hybridized carbons (Fsp3) is 0.250. The Morgan fingerprint density at radius 1 is 0.946 bits per heavy atom. The maximum Gasteiger partial charge on any atom is 0.282 e. The highest BCUT2D eigenvalue weighted by atomic mass is 35.5. The second-order valence-corrected chi connectivity index (χ2v) is 12.3. The number of hydrogen-bond acceptors (Lipinski definition) is 8. The summed E-state index contributed by atoms with van der Waals surface area (Å²) in [5.41, 5.74) is 1.68. The lowest BCUT2D eigenvalue weighted by molar-refractivity contribution is -0.387. The van der Waals surface area contributed by atoms with Crippen LogP contribution in [0, 0.1) is 26.1 Å². The van der Waals surface area contributed by atoms with Crippen molar-refractivity contribution in [3.8, 4) is 0 Å². The van der Waals surface area contributed by atoms with Crippen LogP contribution in [0.4, 0.5) is 17.1 Å². The van der Waals surface area contributed by atoms with Crippen molar-refractivity contribution in [1.29, 1.82) is 0 Å². The summed E-state index contributed by atoms with van der Waals surface area (Å²) in [5, 5.41) is 31.3. The van der Waals surface area contributed by atoms with Gasteiger partial charge in [0, 0.05) is 29.0 Å². The van der Waals surface area contributed by atoms with Crippen LogP contribution in [0.15, 0.2) is 76.5 Å². The van der Waals surface area contributed by atoms with E-state index in [9.17, 15) is 28.6 Å². The second kappa shape index (κ2) is 9.60. The Morgan fingerprint density at radius 3 is 2.27 bits per heavy atom. The first kappa shape index (κ1) is 25.5. The quantitative estimate of drug-likeness (QED) is 0.237. The summed E-state index contributed by atoms with van der Waals surface area (Å²) >= 11 is 8.34. The van der Waals surface area contributed by atoms with Gasteiger partial charge in [0.15, 0.2) is 0 Å². The van der Waals surface area contributed by atoms with Crippen LogP contribution in [-0.2, 0) is 10.0 Å². The number of thioether (sulfide) groups is 1. The Bertz CT molecular complexity index is 1520. The van der Waals surface area contributed by atoms with Gasteiger partial charge in [-0.15, -0.1) is 23.4 Å². The van der Waals surface area contributed by atoms with Crippen molar-refractivity contribution in [3.63, 3.8) is 0 Å². The first-order valence-electron chi connectivity index (χ1n) is 11.3. The number of nitrogens with two attached hydrogens (primary N) is 1. The van der Waals surface area contributed by atoms with E-state index in [1.54, 1.807) is 42.5 Å². The lowest BCUT2D eigenvalue weighted by Crippen LogP contribution is -2.32. The molecule has 0 aromatic heterocycles. The SMILES string of the molecule is NS(=O)(=O)c1ccc2c(c1)[C@H]1[C@@H](Cl)[C@@H](Sc3ccccc3[N+](=O)[O-])C[C@H]1[C@@H](c1ccccc1[N+](=O)[O-])N2. The highest BCUT2D eigenvalue weighted by Crippen LogP contribution is 2.58. The van der Waals surface area contributed by atoms with E-state index in [4.69, 9.17) is 16.7 Å². The zero-order valence-corrected chi connectivity index (χ0v) is 21.4. The molecule has 5 rings (SSSR count). The van der Waals surface area contributed by atoms with Crippen LogP contribution in [0.2, 0.25) is 0 Å². The number of primary sulfonamides is 1. The van der Waals surface area contributed by atoms with Crippen molar-refractivity contribution in [1.82, 2.24) is 0 Å². The van der Waals surface area contributed by atoms with Crippen LogP contribution in [0.1, 0.15) is 29.5 Å². The minimum absolute atomic E-state index is 0.0310. The highest BCUT2D eigenvalue weighted by molar-refractivity contribution is 8.00. The van der Waals surface area contributed by atoms with Crippen molar-refractivity contribution >= 4 is 50.4 Å². The molecular weight excluding hydrogens is 540 g/mol. The number of alkyl halides is 1. The van der Waals surface area contributed by atoms with Crippen molar-refractivity contribution < 1.29 is 18.3 Å². The minimum atomic E-state index is -3.98. The highest BCUT2D eigenvalue weighted by Gasteiger charge is 2.51. The molecule has 10 nitrogen and oxygen atoms in total. The van der Waals surface area contributed by atoms with Crippen LogP contribution < -0.4 is 10.5 Å². The number of nitro benzene ring substituents is 2. The summed E-state index contributed by atoms with van der Waals surface area (Å²) in [4.78, 5) is 22.9. The summed E-state index contributed by atoms with van der Waals surface area (Å²) in [6.45, 7) is 0. The molecule has 0 amide bonds. The molecule has 3 aromatic carbocycles. The molecule has 5 atom stereocenters. The van der Waals surface area contributed by atoms with E-state index in [1.165, 1.54) is 36.0 Å². The largest absolute Gasteiger partial charge is 0.377 e. The van der Waals surface area contributed by atoms with Crippen molar-refractivity contribution in [2.24, 2.45) is 11.1 Å². The number of rotatable bonds is 6. The van der Waals surface area contributed by atoms with E-state index in [1.807, 2.05) is 0 Å². The maximum absolute atomic E-state index is 12.1. The molecule has 0 bridgehead atoms. The number of fused-ring (bicyclic) bond motifs is 3. The zero-order valence-electron chi connectivity index (χ0n) is 19.1. The lowest BCUT2D eigenvalue weighted by atomic mass is 9.77. The van der Waals surface area contributed by atoms with Gasteiger partial charge in [0.05, 0.1) is 36.6 Å². The summed E-state index contributed by atoms with van der Waals surface area (Å²) in [6, 6.07) is 16.9. The van der Waals surface area contributed by atoms with Gasteiger partial charge in [-0.1, -0.05) is 30.3 Å². The van der Waals surface area contributed by atoms with E-state index in [0.717, 1.165) is 0 Å². The Kier molecular flexibility index (Phi) is 6.61. The van der Waals surface area contributed by atoms with Crippen molar-refractivity contribution in [3.05, 3.63) is 98.1 Å². The topological polar surface area (TPSA) is 158 Å². The zero-order chi connectivity index (χ0) is 26.5. The summed E-state index contributed by atoms with van der Waals surface area (Å²) in [5.74, 6) is -0.642. The van der Waals surface area contributed by atoms with Gasteiger partial charge in [0.25, 0.3) is 11.4 Å². The van der Waals surface area contributed by atoms with Crippen molar-refractivity contribution in [2.75, 3.05) is 5.32 Å². The third-order valence-corrected chi connectivity index (χ3v) is 9.95. The van der Waals surface area contributed by atoms with Gasteiger partial charge in [-0.2, -0.15) is 0 Å². The Labute approximate surface area is 221 Å². The number of halogens is 1. The second-order valence-electron chi connectivity index (χ2n) is 8.98. The van der Waals surface area contributed by atoms with Crippen LogP contribution in [0.25, 0.3) is 0 Å². The van der Waals surface area contributed by atoms with E-state index in [2.05, 4.69) is 5.32 Å². The molecule has 1 heterocycles.